The van der Waals surface area contributed by atoms with Gasteiger partial charge in [-0.05, 0) is 11.0 Å². The molecule has 2 N–H and O–H groups in total. The molecule has 7 nitrogen and oxygen atoms in total. The maximum Gasteiger partial charge on any atom is 0.408 e. The molecule has 2 saturated heterocycles. The Hall–Kier alpha value is -2.12. The topological polar surface area (TPSA) is 76.1 Å². The molecule has 2 aliphatic rings. The van der Waals surface area contributed by atoms with Crippen molar-refractivity contribution in [3.63, 3.8) is 0 Å². The van der Waals surface area contributed by atoms with Crippen molar-refractivity contribution in [2.24, 2.45) is 5.41 Å². The predicted molar refractivity (Wildman–Crippen MR) is 108 cm³/mol. The van der Waals surface area contributed by atoms with Crippen molar-refractivity contribution in [1.82, 2.24) is 20.0 Å². The minimum atomic E-state index is -1.08. The van der Waals surface area contributed by atoms with E-state index in [1.165, 1.54) is 10.5 Å². The van der Waals surface area contributed by atoms with Crippen molar-refractivity contribution in [1.29, 1.82) is 0 Å². The van der Waals surface area contributed by atoms with Crippen LogP contribution < -0.4 is 5.32 Å². The standard InChI is InChI=1S/C21H32N4O3/c1-20(2,3)21(16-22-9-10-25(21)19(27)28)18(26)24-13-11-23(12-14-24)15-17-7-5-4-6-8-17/h4-8,22H,9-16H2,1-3H3,(H,27,28)/t21-/m1/s1. The number of hydrogen-bond acceptors (Lipinski definition) is 4. The van der Waals surface area contributed by atoms with Gasteiger partial charge in [0.05, 0.1) is 0 Å². The molecule has 2 aliphatic heterocycles. The smallest absolute Gasteiger partial charge is 0.408 e. The highest BCUT2D eigenvalue weighted by molar-refractivity contribution is 5.91. The molecule has 3 rings (SSSR count). The number of carbonyl (C=O) groups excluding carboxylic acids is 1. The summed E-state index contributed by atoms with van der Waals surface area (Å²) >= 11 is 0. The molecule has 0 aliphatic carbocycles. The van der Waals surface area contributed by atoms with Crippen LogP contribution in [0.1, 0.15) is 26.3 Å². The van der Waals surface area contributed by atoms with Crippen LogP contribution in [0.3, 0.4) is 0 Å². The molecule has 0 spiro atoms. The van der Waals surface area contributed by atoms with Crippen LogP contribution in [0.5, 0.6) is 0 Å². The fourth-order valence-electron chi connectivity index (χ4n) is 4.40. The highest BCUT2D eigenvalue weighted by atomic mass is 16.4. The zero-order valence-electron chi connectivity index (χ0n) is 17.1. The Morgan fingerprint density at radius 3 is 2.29 bits per heavy atom. The Labute approximate surface area is 167 Å². The van der Waals surface area contributed by atoms with Crippen molar-refractivity contribution >= 4 is 12.0 Å². The van der Waals surface area contributed by atoms with Gasteiger partial charge in [0.15, 0.2) is 0 Å². The first-order chi connectivity index (χ1) is 13.3. The zero-order chi connectivity index (χ0) is 20.4. The Morgan fingerprint density at radius 1 is 1.07 bits per heavy atom. The number of carboxylic acid groups (broad SMARTS) is 1. The summed E-state index contributed by atoms with van der Waals surface area (Å²) in [4.78, 5) is 31.2. The normalized spacial score (nSPS) is 24.2. The number of benzene rings is 1. The summed E-state index contributed by atoms with van der Waals surface area (Å²) in [6.07, 6.45) is -1.02. The maximum atomic E-state index is 13.7. The van der Waals surface area contributed by atoms with E-state index in [4.69, 9.17) is 0 Å². The van der Waals surface area contributed by atoms with Crippen LogP contribution in [0.15, 0.2) is 30.3 Å². The predicted octanol–water partition coefficient (Wildman–Crippen LogP) is 1.70. The Bertz CT molecular complexity index is 695. The third-order valence-electron chi connectivity index (χ3n) is 6.09. The molecule has 2 fully saturated rings. The number of rotatable bonds is 3. The first-order valence-electron chi connectivity index (χ1n) is 10.0. The zero-order valence-corrected chi connectivity index (χ0v) is 17.1. The van der Waals surface area contributed by atoms with Crippen molar-refractivity contribution < 1.29 is 14.7 Å². The number of nitrogens with zero attached hydrogens (tertiary/aromatic N) is 3. The van der Waals surface area contributed by atoms with Crippen molar-refractivity contribution in [3.05, 3.63) is 35.9 Å². The third kappa shape index (κ3) is 3.86. The summed E-state index contributed by atoms with van der Waals surface area (Å²) in [6, 6.07) is 10.3. The summed E-state index contributed by atoms with van der Waals surface area (Å²) < 4.78 is 0. The summed E-state index contributed by atoms with van der Waals surface area (Å²) in [5.74, 6) is -0.0750. The average Bonchev–Trinajstić information content (AvgIpc) is 2.68. The van der Waals surface area contributed by atoms with E-state index in [0.717, 1.165) is 19.6 Å². The van der Waals surface area contributed by atoms with Gasteiger partial charge in [0.25, 0.3) is 5.91 Å². The average molecular weight is 389 g/mol. The summed E-state index contributed by atoms with van der Waals surface area (Å²) in [7, 11) is 0. The van der Waals surface area contributed by atoms with Crippen LogP contribution in [-0.2, 0) is 11.3 Å². The number of carbonyl (C=O) groups is 2. The van der Waals surface area contributed by atoms with Crippen LogP contribution in [0.4, 0.5) is 4.79 Å². The molecule has 0 radical (unpaired) electrons. The monoisotopic (exact) mass is 388 g/mol. The van der Waals surface area contributed by atoms with Crippen LogP contribution >= 0.6 is 0 Å². The molecular weight excluding hydrogens is 356 g/mol. The lowest BCUT2D eigenvalue weighted by atomic mass is 9.70. The fourth-order valence-corrected chi connectivity index (χ4v) is 4.40. The molecule has 1 aromatic carbocycles. The van der Waals surface area contributed by atoms with E-state index in [1.54, 1.807) is 0 Å². The molecule has 28 heavy (non-hydrogen) atoms. The van der Waals surface area contributed by atoms with Gasteiger partial charge < -0.3 is 15.3 Å². The van der Waals surface area contributed by atoms with E-state index in [-0.39, 0.29) is 5.91 Å². The largest absolute Gasteiger partial charge is 0.465 e. The maximum absolute atomic E-state index is 13.7. The van der Waals surface area contributed by atoms with Crippen molar-refractivity contribution in [2.75, 3.05) is 45.8 Å². The third-order valence-corrected chi connectivity index (χ3v) is 6.09. The minimum Gasteiger partial charge on any atom is -0.465 e. The Kier molecular flexibility index (Phi) is 5.95. The molecule has 7 heteroatoms. The lowest BCUT2D eigenvalue weighted by Gasteiger charge is -2.54. The molecule has 2 amide bonds. The quantitative estimate of drug-likeness (QED) is 0.824. The number of amides is 2. The SMILES string of the molecule is CC(C)(C)[C@]1(C(=O)N2CCN(Cc3ccccc3)CC2)CNCCN1C(=O)O. The van der Waals surface area contributed by atoms with Crippen molar-refractivity contribution in [2.45, 2.75) is 32.9 Å². The molecule has 1 aromatic rings. The second-order valence-corrected chi connectivity index (χ2v) is 8.78. The highest BCUT2D eigenvalue weighted by Gasteiger charge is 2.57. The number of hydrogen-bond donors (Lipinski definition) is 2. The van der Waals surface area contributed by atoms with Gasteiger partial charge in [0.2, 0.25) is 0 Å². The Morgan fingerprint density at radius 2 is 1.71 bits per heavy atom. The summed E-state index contributed by atoms with van der Waals surface area (Å²) in [5, 5.41) is 13.1. The van der Waals surface area contributed by atoms with Gasteiger partial charge in [-0.15, -0.1) is 0 Å². The summed E-state index contributed by atoms with van der Waals surface area (Å²) in [5.41, 5.74) is -0.336. The van der Waals surface area contributed by atoms with Crippen molar-refractivity contribution in [3.8, 4) is 0 Å². The van der Waals surface area contributed by atoms with Crippen LogP contribution in [0.25, 0.3) is 0 Å². The molecule has 0 saturated carbocycles. The van der Waals surface area contributed by atoms with E-state index in [9.17, 15) is 14.7 Å². The van der Waals surface area contributed by atoms with Crippen LogP contribution in [-0.4, -0.2) is 83.2 Å². The van der Waals surface area contributed by atoms with E-state index < -0.39 is 17.0 Å². The molecule has 0 unspecified atom stereocenters. The minimum absolute atomic E-state index is 0.0750. The Balaban J connectivity index is 1.73. The van der Waals surface area contributed by atoms with E-state index in [2.05, 4.69) is 22.3 Å². The lowest BCUT2D eigenvalue weighted by molar-refractivity contribution is -0.155. The molecule has 0 aromatic heterocycles. The first-order valence-corrected chi connectivity index (χ1v) is 10.0. The fraction of sp³-hybridized carbons (Fsp3) is 0.619. The highest BCUT2D eigenvalue weighted by Crippen LogP contribution is 2.39. The van der Waals surface area contributed by atoms with Gasteiger partial charge in [-0.25, -0.2) is 4.79 Å². The van der Waals surface area contributed by atoms with Gasteiger partial charge in [0.1, 0.15) is 5.54 Å². The van der Waals surface area contributed by atoms with E-state index in [1.807, 2.05) is 43.9 Å². The van der Waals surface area contributed by atoms with Gasteiger partial charge >= 0.3 is 6.09 Å². The van der Waals surface area contributed by atoms with Crippen LogP contribution in [0, 0.1) is 5.41 Å². The van der Waals surface area contributed by atoms with E-state index >= 15 is 0 Å². The second-order valence-electron chi connectivity index (χ2n) is 8.78. The first kappa shape index (κ1) is 20.6. The van der Waals surface area contributed by atoms with Gasteiger partial charge in [0, 0.05) is 52.4 Å². The van der Waals surface area contributed by atoms with E-state index in [0.29, 0.717) is 32.7 Å². The van der Waals surface area contributed by atoms with Gasteiger partial charge in [-0.2, -0.15) is 0 Å². The molecule has 1 atom stereocenters. The number of piperazine rings is 2. The van der Waals surface area contributed by atoms with Gasteiger partial charge in [-0.1, -0.05) is 51.1 Å². The molecule has 2 heterocycles. The second kappa shape index (κ2) is 8.09. The van der Waals surface area contributed by atoms with Crippen LogP contribution in [0.2, 0.25) is 0 Å². The summed E-state index contributed by atoms with van der Waals surface area (Å²) in [6.45, 7) is 10.8. The molecular formula is C21H32N4O3. The molecule has 154 valence electrons. The number of nitrogens with one attached hydrogen (secondary N) is 1. The molecule has 0 bridgehead atoms. The lowest BCUT2D eigenvalue weighted by Crippen LogP contribution is -2.75. The van der Waals surface area contributed by atoms with Gasteiger partial charge in [-0.3, -0.25) is 14.6 Å².